The molecule has 0 saturated carbocycles. The molecular formula is C19H19Cl3N2O5S. The van der Waals surface area contributed by atoms with Crippen molar-refractivity contribution >= 4 is 50.7 Å². The van der Waals surface area contributed by atoms with Gasteiger partial charge in [-0.05, 0) is 35.9 Å². The maximum absolute atomic E-state index is 12.7. The third-order valence-electron chi connectivity index (χ3n) is 4.36. The summed E-state index contributed by atoms with van der Waals surface area (Å²) < 4.78 is 37.3. The van der Waals surface area contributed by atoms with E-state index in [4.69, 9.17) is 44.3 Å². The number of nitrogens with one attached hydrogen (secondary N) is 1. The zero-order chi connectivity index (χ0) is 21.7. The number of halogens is 3. The minimum absolute atomic E-state index is 0.0589. The summed E-state index contributed by atoms with van der Waals surface area (Å²) in [6.45, 7) is 1.20. The topological polar surface area (TPSA) is 84.9 Å². The van der Waals surface area contributed by atoms with Crippen molar-refractivity contribution in [2.24, 2.45) is 0 Å². The molecule has 3 rings (SSSR count). The number of sulfonamides is 1. The number of carbonyl (C=O) groups excluding carboxylic acids is 1. The van der Waals surface area contributed by atoms with Crippen LogP contribution in [0, 0.1) is 0 Å². The maximum atomic E-state index is 12.7. The molecule has 1 heterocycles. The second kappa shape index (κ2) is 10.2. The van der Waals surface area contributed by atoms with E-state index in [1.54, 1.807) is 18.2 Å². The molecule has 2 aromatic rings. The van der Waals surface area contributed by atoms with E-state index in [1.165, 1.54) is 22.5 Å². The molecule has 1 aliphatic heterocycles. The van der Waals surface area contributed by atoms with Gasteiger partial charge in [-0.15, -0.1) is 0 Å². The molecular weight excluding hydrogens is 475 g/mol. The lowest BCUT2D eigenvalue weighted by Crippen LogP contribution is -2.40. The number of ether oxygens (including phenoxy) is 2. The van der Waals surface area contributed by atoms with Crippen LogP contribution in [0.4, 0.5) is 0 Å². The highest BCUT2D eigenvalue weighted by atomic mass is 35.5. The van der Waals surface area contributed by atoms with Crippen LogP contribution >= 0.6 is 34.8 Å². The van der Waals surface area contributed by atoms with E-state index in [2.05, 4.69) is 5.32 Å². The number of benzene rings is 2. The number of nitrogens with zero attached hydrogens (tertiary/aromatic N) is 1. The Hall–Kier alpha value is -1.55. The molecule has 0 atom stereocenters. The molecule has 1 N–H and O–H groups in total. The van der Waals surface area contributed by atoms with Crippen LogP contribution in [0.2, 0.25) is 15.1 Å². The van der Waals surface area contributed by atoms with Crippen molar-refractivity contribution in [2.75, 3.05) is 32.9 Å². The Balaban J connectivity index is 1.57. The minimum Gasteiger partial charge on any atom is -0.482 e. The predicted octanol–water partition coefficient (Wildman–Crippen LogP) is 3.36. The molecule has 0 unspecified atom stereocenters. The molecule has 162 valence electrons. The van der Waals surface area contributed by atoms with Gasteiger partial charge in [-0.2, -0.15) is 4.31 Å². The van der Waals surface area contributed by atoms with Crippen molar-refractivity contribution in [3.8, 4) is 5.75 Å². The Bertz CT molecular complexity index is 1030. The fourth-order valence-corrected chi connectivity index (χ4v) is 4.96. The Labute approximate surface area is 189 Å². The van der Waals surface area contributed by atoms with Crippen LogP contribution in [0.15, 0.2) is 41.3 Å². The first-order chi connectivity index (χ1) is 14.3. The Morgan fingerprint density at radius 2 is 1.80 bits per heavy atom. The van der Waals surface area contributed by atoms with E-state index in [1.807, 2.05) is 0 Å². The van der Waals surface area contributed by atoms with Gasteiger partial charge in [0.25, 0.3) is 5.91 Å². The number of carbonyl (C=O) groups is 1. The molecule has 7 nitrogen and oxygen atoms in total. The number of morpholine rings is 1. The lowest BCUT2D eigenvalue weighted by molar-refractivity contribution is -0.123. The highest BCUT2D eigenvalue weighted by Crippen LogP contribution is 2.29. The van der Waals surface area contributed by atoms with Gasteiger partial charge in [0.05, 0.1) is 23.1 Å². The Kier molecular flexibility index (Phi) is 7.84. The largest absolute Gasteiger partial charge is 0.482 e. The monoisotopic (exact) mass is 492 g/mol. The molecule has 1 amide bonds. The summed E-state index contributed by atoms with van der Waals surface area (Å²) in [5.74, 6) is -0.181. The average Bonchev–Trinajstić information content (AvgIpc) is 2.72. The molecule has 1 aliphatic rings. The molecule has 2 aromatic carbocycles. The zero-order valence-electron chi connectivity index (χ0n) is 15.7. The SMILES string of the molecule is O=C(COc1ccc(S(=O)(=O)N2CCOCC2)cc1Cl)NCc1ccc(Cl)cc1Cl. The van der Waals surface area contributed by atoms with E-state index in [9.17, 15) is 13.2 Å². The van der Waals surface area contributed by atoms with Gasteiger partial charge in [0.2, 0.25) is 10.0 Å². The Morgan fingerprint density at radius 1 is 1.07 bits per heavy atom. The zero-order valence-corrected chi connectivity index (χ0v) is 18.8. The van der Waals surface area contributed by atoms with Gasteiger partial charge in [-0.25, -0.2) is 8.42 Å². The van der Waals surface area contributed by atoms with E-state index in [0.717, 1.165) is 0 Å². The lowest BCUT2D eigenvalue weighted by atomic mass is 10.2. The summed E-state index contributed by atoms with van der Waals surface area (Å²) in [5.41, 5.74) is 0.713. The van der Waals surface area contributed by atoms with Crippen molar-refractivity contribution in [1.29, 1.82) is 0 Å². The number of hydrogen-bond acceptors (Lipinski definition) is 5. The van der Waals surface area contributed by atoms with Gasteiger partial charge in [0.1, 0.15) is 5.75 Å². The summed E-state index contributed by atoms with van der Waals surface area (Å²) in [6.07, 6.45) is 0. The Morgan fingerprint density at radius 3 is 2.47 bits per heavy atom. The van der Waals surface area contributed by atoms with Gasteiger partial charge in [-0.1, -0.05) is 40.9 Å². The third-order valence-corrected chi connectivity index (χ3v) is 7.14. The molecule has 1 saturated heterocycles. The van der Waals surface area contributed by atoms with Gasteiger partial charge in [-0.3, -0.25) is 4.79 Å². The first-order valence-corrected chi connectivity index (χ1v) is 11.6. The summed E-state index contributed by atoms with van der Waals surface area (Å²) in [5, 5.41) is 3.73. The van der Waals surface area contributed by atoms with Crippen molar-refractivity contribution in [3.63, 3.8) is 0 Å². The van der Waals surface area contributed by atoms with E-state index < -0.39 is 10.0 Å². The second-order valence-electron chi connectivity index (χ2n) is 6.41. The lowest BCUT2D eigenvalue weighted by Gasteiger charge is -2.26. The average molecular weight is 494 g/mol. The van der Waals surface area contributed by atoms with Gasteiger partial charge < -0.3 is 14.8 Å². The fourth-order valence-electron chi connectivity index (χ4n) is 2.75. The normalized spacial score (nSPS) is 15.0. The molecule has 0 spiro atoms. The first kappa shape index (κ1) is 23.1. The summed E-state index contributed by atoms with van der Waals surface area (Å²) in [6, 6.07) is 9.13. The summed E-state index contributed by atoms with van der Waals surface area (Å²) in [4.78, 5) is 12.1. The van der Waals surface area contributed by atoms with Crippen LogP contribution in [-0.2, 0) is 26.1 Å². The van der Waals surface area contributed by atoms with Crippen molar-refractivity contribution in [1.82, 2.24) is 9.62 Å². The van der Waals surface area contributed by atoms with E-state index in [0.29, 0.717) is 28.8 Å². The van der Waals surface area contributed by atoms with E-state index in [-0.39, 0.29) is 47.8 Å². The predicted molar refractivity (Wildman–Crippen MR) is 115 cm³/mol. The fraction of sp³-hybridized carbons (Fsp3) is 0.316. The van der Waals surface area contributed by atoms with Crippen LogP contribution < -0.4 is 10.1 Å². The van der Waals surface area contributed by atoms with Crippen molar-refractivity contribution in [3.05, 3.63) is 57.0 Å². The molecule has 30 heavy (non-hydrogen) atoms. The number of rotatable bonds is 7. The summed E-state index contributed by atoms with van der Waals surface area (Å²) >= 11 is 18.1. The maximum Gasteiger partial charge on any atom is 0.258 e. The first-order valence-electron chi connectivity index (χ1n) is 8.98. The van der Waals surface area contributed by atoms with Crippen molar-refractivity contribution in [2.45, 2.75) is 11.4 Å². The van der Waals surface area contributed by atoms with Crippen LogP contribution in [0.1, 0.15) is 5.56 Å². The molecule has 1 fully saturated rings. The molecule has 11 heteroatoms. The van der Waals surface area contributed by atoms with Gasteiger partial charge >= 0.3 is 0 Å². The third kappa shape index (κ3) is 5.78. The van der Waals surface area contributed by atoms with Crippen LogP contribution in [0.3, 0.4) is 0 Å². The standard InChI is InChI=1S/C19H19Cl3N2O5S/c20-14-2-1-13(16(21)9-14)11-23-19(25)12-29-18-4-3-15(10-17(18)22)30(26,27)24-5-7-28-8-6-24/h1-4,9-10H,5-8,11-12H2,(H,23,25). The molecule has 0 radical (unpaired) electrons. The molecule has 0 bridgehead atoms. The van der Waals surface area contributed by atoms with Gasteiger partial charge in [0, 0.05) is 29.7 Å². The smallest absolute Gasteiger partial charge is 0.258 e. The number of hydrogen-bond donors (Lipinski definition) is 1. The quantitative estimate of drug-likeness (QED) is 0.639. The highest BCUT2D eigenvalue weighted by molar-refractivity contribution is 7.89. The highest BCUT2D eigenvalue weighted by Gasteiger charge is 2.27. The molecule has 0 aliphatic carbocycles. The molecule has 0 aromatic heterocycles. The minimum atomic E-state index is -3.67. The van der Waals surface area contributed by atoms with Crippen LogP contribution in [-0.4, -0.2) is 51.5 Å². The number of amides is 1. The van der Waals surface area contributed by atoms with Crippen molar-refractivity contribution < 1.29 is 22.7 Å². The summed E-state index contributed by atoms with van der Waals surface area (Å²) in [7, 11) is -3.67. The van der Waals surface area contributed by atoms with Crippen LogP contribution in [0.25, 0.3) is 0 Å². The van der Waals surface area contributed by atoms with Gasteiger partial charge in [0.15, 0.2) is 6.61 Å². The van der Waals surface area contributed by atoms with E-state index >= 15 is 0 Å². The van der Waals surface area contributed by atoms with Crippen LogP contribution in [0.5, 0.6) is 5.75 Å². The second-order valence-corrected chi connectivity index (χ2v) is 9.60.